The van der Waals surface area contributed by atoms with Crippen LogP contribution in [0.5, 0.6) is 0 Å². The van der Waals surface area contributed by atoms with E-state index in [1.807, 2.05) is 27.7 Å². The summed E-state index contributed by atoms with van der Waals surface area (Å²) in [4.78, 5) is 38.6. The van der Waals surface area contributed by atoms with Crippen LogP contribution in [0.4, 0.5) is 20.1 Å². The average Bonchev–Trinajstić information content (AvgIpc) is 3.18. The Morgan fingerprint density at radius 2 is 1.74 bits per heavy atom. The van der Waals surface area contributed by atoms with Crippen LogP contribution in [0.15, 0.2) is 42.6 Å². The highest BCUT2D eigenvalue weighted by Gasteiger charge is 2.26. The molecule has 1 N–H and O–H groups in total. The maximum absolute atomic E-state index is 13.2. The molecule has 0 radical (unpaired) electrons. The van der Waals surface area contributed by atoms with E-state index in [1.54, 1.807) is 29.2 Å². The molecule has 0 unspecified atom stereocenters. The van der Waals surface area contributed by atoms with Crippen molar-refractivity contribution in [2.75, 3.05) is 36.4 Å². The van der Waals surface area contributed by atoms with E-state index in [0.717, 1.165) is 16.3 Å². The summed E-state index contributed by atoms with van der Waals surface area (Å²) in [7, 11) is 0. The lowest BCUT2D eigenvalue weighted by atomic mass is 10.1. The second kappa shape index (κ2) is 9.99. The molecule has 1 aromatic carbocycles. The van der Waals surface area contributed by atoms with Crippen LogP contribution in [-0.4, -0.2) is 58.6 Å². The van der Waals surface area contributed by atoms with E-state index < -0.39 is 5.60 Å². The molecule has 0 atom stereocenters. The number of thiazole rings is 1. The van der Waals surface area contributed by atoms with Crippen LogP contribution in [0.2, 0.25) is 0 Å². The van der Waals surface area contributed by atoms with E-state index in [4.69, 9.17) is 4.74 Å². The highest BCUT2D eigenvalue weighted by atomic mass is 32.1. The Morgan fingerprint density at radius 1 is 1.06 bits per heavy atom. The lowest BCUT2D eigenvalue weighted by molar-refractivity contribution is 0.0240. The van der Waals surface area contributed by atoms with Crippen molar-refractivity contribution in [3.63, 3.8) is 0 Å². The van der Waals surface area contributed by atoms with E-state index in [0.29, 0.717) is 42.6 Å². The van der Waals surface area contributed by atoms with Crippen LogP contribution in [0.25, 0.3) is 11.3 Å². The molecule has 35 heavy (non-hydrogen) atoms. The second-order valence-electron chi connectivity index (χ2n) is 9.24. The summed E-state index contributed by atoms with van der Waals surface area (Å²) in [5, 5.41) is 3.29. The first-order valence-corrected chi connectivity index (χ1v) is 12.1. The molecule has 2 aromatic heterocycles. The quantitative estimate of drug-likeness (QED) is 0.548. The number of hydrogen-bond donors (Lipinski definition) is 1. The maximum Gasteiger partial charge on any atom is 0.410 e. The molecule has 1 fully saturated rings. The van der Waals surface area contributed by atoms with Crippen LogP contribution in [0.1, 0.15) is 36.0 Å². The van der Waals surface area contributed by atoms with Crippen molar-refractivity contribution in [2.24, 2.45) is 0 Å². The molecular weight excluding hydrogens is 469 g/mol. The van der Waals surface area contributed by atoms with Crippen molar-refractivity contribution in [1.82, 2.24) is 14.9 Å². The number of aryl methyl sites for hydroxylation is 1. The molecule has 0 aliphatic carbocycles. The standard InChI is InChI=1S/C25H28FN5O3S/c1-16-21(17-5-8-19(26)9-6-17)28-23(35-16)29-22(32)18-7-10-20(27-15-18)30-11-13-31(14-12-30)24(33)34-25(2,3)4/h5-10,15H,11-14H2,1-4H3,(H,28,29,32). The molecule has 0 spiro atoms. The van der Waals surface area contributed by atoms with E-state index in [2.05, 4.69) is 20.2 Å². The Labute approximate surface area is 207 Å². The van der Waals surface area contributed by atoms with E-state index in [9.17, 15) is 14.0 Å². The van der Waals surface area contributed by atoms with Gasteiger partial charge in [0.25, 0.3) is 5.91 Å². The third-order valence-electron chi connectivity index (χ3n) is 5.40. The van der Waals surface area contributed by atoms with Crippen molar-refractivity contribution in [1.29, 1.82) is 0 Å². The summed E-state index contributed by atoms with van der Waals surface area (Å²) in [5.41, 5.74) is 1.39. The zero-order valence-corrected chi connectivity index (χ0v) is 21.0. The van der Waals surface area contributed by atoms with Gasteiger partial charge in [-0.2, -0.15) is 0 Å². The number of aromatic nitrogens is 2. The fraction of sp³-hybridized carbons (Fsp3) is 0.360. The van der Waals surface area contributed by atoms with Crippen LogP contribution >= 0.6 is 11.3 Å². The molecule has 1 saturated heterocycles. The predicted molar refractivity (Wildman–Crippen MR) is 134 cm³/mol. The topological polar surface area (TPSA) is 87.7 Å². The van der Waals surface area contributed by atoms with Crippen LogP contribution in [0.3, 0.4) is 0 Å². The van der Waals surface area contributed by atoms with Gasteiger partial charge in [-0.05, 0) is 64.1 Å². The normalized spacial score (nSPS) is 14.1. The molecule has 1 aliphatic rings. The smallest absolute Gasteiger partial charge is 0.410 e. The highest BCUT2D eigenvalue weighted by molar-refractivity contribution is 7.16. The lowest BCUT2D eigenvalue weighted by Crippen LogP contribution is -2.50. The first-order valence-electron chi connectivity index (χ1n) is 11.3. The fourth-order valence-corrected chi connectivity index (χ4v) is 4.48. The molecule has 1 aliphatic heterocycles. The monoisotopic (exact) mass is 497 g/mol. The van der Waals surface area contributed by atoms with Gasteiger partial charge in [-0.3, -0.25) is 10.1 Å². The van der Waals surface area contributed by atoms with Gasteiger partial charge in [-0.1, -0.05) is 0 Å². The number of carbonyl (C=O) groups is 2. The van der Waals surface area contributed by atoms with Crippen molar-refractivity contribution in [3.05, 3.63) is 58.9 Å². The molecule has 184 valence electrons. The zero-order chi connectivity index (χ0) is 25.2. The number of pyridine rings is 1. The van der Waals surface area contributed by atoms with E-state index in [1.165, 1.54) is 29.7 Å². The molecule has 3 aromatic rings. The molecule has 3 heterocycles. The lowest BCUT2D eigenvalue weighted by Gasteiger charge is -2.36. The first kappa shape index (κ1) is 24.6. The van der Waals surface area contributed by atoms with Gasteiger partial charge in [0.1, 0.15) is 17.2 Å². The SMILES string of the molecule is Cc1sc(NC(=O)c2ccc(N3CCN(C(=O)OC(C)(C)C)CC3)nc2)nc1-c1ccc(F)cc1. The van der Waals surface area contributed by atoms with Gasteiger partial charge in [-0.15, -0.1) is 11.3 Å². The third-order valence-corrected chi connectivity index (χ3v) is 6.29. The summed E-state index contributed by atoms with van der Waals surface area (Å²) >= 11 is 1.36. The number of hydrogen-bond acceptors (Lipinski definition) is 7. The van der Waals surface area contributed by atoms with Crippen molar-refractivity contribution in [2.45, 2.75) is 33.3 Å². The number of nitrogens with one attached hydrogen (secondary N) is 1. The van der Waals surface area contributed by atoms with E-state index in [-0.39, 0.29) is 17.8 Å². The Bertz CT molecular complexity index is 1200. The number of benzene rings is 1. The summed E-state index contributed by atoms with van der Waals surface area (Å²) in [5.74, 6) is 0.128. The number of anilines is 2. The Kier molecular flexibility index (Phi) is 7.02. The van der Waals surface area contributed by atoms with Gasteiger partial charge < -0.3 is 14.5 Å². The minimum atomic E-state index is -0.522. The fourth-order valence-electron chi connectivity index (χ4n) is 3.65. The van der Waals surface area contributed by atoms with Crippen LogP contribution in [-0.2, 0) is 4.74 Å². The molecule has 0 bridgehead atoms. The number of nitrogens with zero attached hydrogens (tertiary/aromatic N) is 4. The second-order valence-corrected chi connectivity index (χ2v) is 10.4. The predicted octanol–water partition coefficient (Wildman–Crippen LogP) is 4.96. The number of amides is 2. The molecular formula is C25H28FN5O3S. The summed E-state index contributed by atoms with van der Waals surface area (Å²) in [6, 6.07) is 9.63. The number of halogens is 1. The zero-order valence-electron chi connectivity index (χ0n) is 20.2. The largest absolute Gasteiger partial charge is 0.444 e. The third kappa shape index (κ3) is 6.13. The van der Waals surface area contributed by atoms with Gasteiger partial charge >= 0.3 is 6.09 Å². The highest BCUT2D eigenvalue weighted by Crippen LogP contribution is 2.30. The minimum Gasteiger partial charge on any atom is -0.444 e. The van der Waals surface area contributed by atoms with Crippen molar-refractivity contribution >= 4 is 34.3 Å². The number of ether oxygens (including phenoxy) is 1. The van der Waals surface area contributed by atoms with E-state index >= 15 is 0 Å². The Balaban J connectivity index is 1.35. The first-order chi connectivity index (χ1) is 16.6. The van der Waals surface area contributed by atoms with Gasteiger partial charge in [-0.25, -0.2) is 19.2 Å². The van der Waals surface area contributed by atoms with Crippen molar-refractivity contribution < 1.29 is 18.7 Å². The maximum atomic E-state index is 13.2. The molecule has 4 rings (SSSR count). The molecule has 10 heteroatoms. The van der Waals surface area contributed by atoms with Crippen LogP contribution < -0.4 is 10.2 Å². The number of carbonyl (C=O) groups excluding carboxylic acids is 2. The Hall–Kier alpha value is -3.53. The Morgan fingerprint density at radius 3 is 2.34 bits per heavy atom. The van der Waals surface area contributed by atoms with Gasteiger partial charge in [0.2, 0.25) is 0 Å². The average molecular weight is 498 g/mol. The van der Waals surface area contributed by atoms with Crippen molar-refractivity contribution in [3.8, 4) is 11.3 Å². The summed E-state index contributed by atoms with van der Waals surface area (Å²) in [6.07, 6.45) is 1.23. The van der Waals surface area contributed by atoms with Crippen LogP contribution in [0, 0.1) is 12.7 Å². The number of piperazine rings is 1. The van der Waals surface area contributed by atoms with Gasteiger partial charge in [0.15, 0.2) is 5.13 Å². The number of rotatable bonds is 4. The summed E-state index contributed by atoms with van der Waals surface area (Å²) in [6.45, 7) is 9.79. The molecule has 8 nitrogen and oxygen atoms in total. The van der Waals surface area contributed by atoms with Gasteiger partial charge in [0, 0.05) is 42.8 Å². The molecule has 2 amide bonds. The van der Waals surface area contributed by atoms with Gasteiger partial charge in [0.05, 0.1) is 11.3 Å². The minimum absolute atomic E-state index is 0.307. The summed E-state index contributed by atoms with van der Waals surface area (Å²) < 4.78 is 18.7. The molecule has 0 saturated carbocycles.